The van der Waals surface area contributed by atoms with Gasteiger partial charge in [0.2, 0.25) is 0 Å². The summed E-state index contributed by atoms with van der Waals surface area (Å²) in [6.07, 6.45) is 0.870. The summed E-state index contributed by atoms with van der Waals surface area (Å²) in [7, 11) is 0. The molecule has 0 saturated carbocycles. The molecule has 0 bridgehead atoms. The van der Waals surface area contributed by atoms with Gasteiger partial charge in [0.15, 0.2) is 0 Å². The normalized spacial score (nSPS) is 9.79. The average molecular weight is 261 g/mol. The molecule has 1 heterocycles. The second-order valence-corrected chi connectivity index (χ2v) is 3.36. The summed E-state index contributed by atoms with van der Waals surface area (Å²) >= 11 is 3.02. The summed E-state index contributed by atoms with van der Waals surface area (Å²) in [5.74, 6) is -1.15. The predicted molar refractivity (Wildman–Crippen MR) is 49.9 cm³/mol. The van der Waals surface area contributed by atoms with Crippen LogP contribution in [0.3, 0.4) is 0 Å². The van der Waals surface area contributed by atoms with Crippen molar-refractivity contribution in [3.8, 4) is 0 Å². The third kappa shape index (κ3) is 2.49. The van der Waals surface area contributed by atoms with Crippen molar-refractivity contribution in [1.29, 1.82) is 0 Å². The molecule has 0 amide bonds. The number of nitrogens with zero attached hydrogens (tertiary/aromatic N) is 2. The number of carboxylic acids is 1. The van der Waals surface area contributed by atoms with Crippen molar-refractivity contribution >= 4 is 27.6 Å². The number of rotatable bonds is 3. The highest BCUT2D eigenvalue weighted by molar-refractivity contribution is 9.10. The van der Waals surface area contributed by atoms with Crippen LogP contribution in [0.25, 0.3) is 0 Å². The molecule has 0 aromatic carbocycles. The lowest BCUT2D eigenvalue weighted by molar-refractivity contribution is -0.386. The van der Waals surface area contributed by atoms with Gasteiger partial charge in [0.25, 0.3) is 5.69 Å². The average Bonchev–Trinajstić information content (AvgIpc) is 2.07. The number of hydrogen-bond donors (Lipinski definition) is 1. The molecule has 0 aliphatic heterocycles. The molecule has 1 N–H and O–H groups in total. The van der Waals surface area contributed by atoms with Crippen molar-refractivity contribution in [2.75, 3.05) is 0 Å². The molecular formula is C7H5BrN2O4. The molecule has 0 aliphatic carbocycles. The van der Waals surface area contributed by atoms with Gasteiger partial charge in [0.05, 0.1) is 11.3 Å². The first-order valence-electron chi connectivity index (χ1n) is 3.51. The number of aromatic nitrogens is 1. The number of nitro groups is 1. The largest absolute Gasteiger partial charge is 0.481 e. The number of carboxylic acid groups (broad SMARTS) is 1. The number of aliphatic carboxylic acids is 1. The van der Waals surface area contributed by atoms with E-state index in [1.54, 1.807) is 0 Å². The van der Waals surface area contributed by atoms with Crippen molar-refractivity contribution in [2.24, 2.45) is 0 Å². The maximum Gasteiger partial charge on any atom is 0.309 e. The van der Waals surface area contributed by atoms with Crippen LogP contribution in [0.5, 0.6) is 0 Å². The molecule has 0 unspecified atom stereocenters. The monoisotopic (exact) mass is 260 g/mol. The van der Waals surface area contributed by atoms with Crippen molar-refractivity contribution in [3.05, 3.63) is 32.5 Å². The van der Waals surface area contributed by atoms with Gasteiger partial charge in [-0.15, -0.1) is 0 Å². The zero-order valence-corrected chi connectivity index (χ0v) is 8.39. The molecule has 1 aromatic heterocycles. The van der Waals surface area contributed by atoms with E-state index < -0.39 is 17.3 Å². The van der Waals surface area contributed by atoms with Gasteiger partial charge >= 0.3 is 5.97 Å². The van der Waals surface area contributed by atoms with Crippen LogP contribution in [0.2, 0.25) is 0 Å². The van der Waals surface area contributed by atoms with Gasteiger partial charge in [-0.05, 0) is 15.9 Å². The summed E-state index contributed by atoms with van der Waals surface area (Å²) in [4.78, 5) is 23.9. The van der Waals surface area contributed by atoms with E-state index in [4.69, 9.17) is 5.11 Å². The third-order valence-corrected chi connectivity index (χ3v) is 1.86. The molecule has 7 heteroatoms. The Kier molecular flexibility index (Phi) is 3.13. The highest BCUT2D eigenvalue weighted by Gasteiger charge is 2.17. The van der Waals surface area contributed by atoms with Gasteiger partial charge in [-0.2, -0.15) is 0 Å². The van der Waals surface area contributed by atoms with E-state index in [-0.39, 0.29) is 11.4 Å². The van der Waals surface area contributed by atoms with E-state index in [2.05, 4.69) is 20.9 Å². The zero-order chi connectivity index (χ0) is 10.7. The quantitative estimate of drug-likeness (QED) is 0.655. The zero-order valence-electron chi connectivity index (χ0n) is 6.81. The van der Waals surface area contributed by atoms with Gasteiger partial charge in [0, 0.05) is 16.7 Å². The van der Waals surface area contributed by atoms with Gasteiger partial charge < -0.3 is 5.11 Å². The van der Waals surface area contributed by atoms with E-state index in [0.29, 0.717) is 4.47 Å². The van der Waals surface area contributed by atoms with E-state index in [0.717, 1.165) is 0 Å². The summed E-state index contributed by atoms with van der Waals surface area (Å²) in [5, 5.41) is 19.0. The highest BCUT2D eigenvalue weighted by atomic mass is 79.9. The van der Waals surface area contributed by atoms with Crippen LogP contribution >= 0.6 is 15.9 Å². The number of halogens is 1. The van der Waals surface area contributed by atoms with Gasteiger partial charge in [0.1, 0.15) is 5.69 Å². The first kappa shape index (κ1) is 10.6. The Morgan fingerprint density at radius 1 is 1.71 bits per heavy atom. The third-order valence-electron chi connectivity index (χ3n) is 1.43. The molecule has 0 fully saturated rings. The van der Waals surface area contributed by atoms with Crippen LogP contribution in [-0.2, 0) is 11.2 Å². The molecule has 0 atom stereocenters. The Morgan fingerprint density at radius 2 is 2.36 bits per heavy atom. The molecule has 1 rings (SSSR count). The minimum absolute atomic E-state index is 0.0503. The highest BCUT2D eigenvalue weighted by Crippen LogP contribution is 2.21. The Bertz CT molecular complexity index is 393. The fraction of sp³-hybridized carbons (Fsp3) is 0.143. The fourth-order valence-corrected chi connectivity index (χ4v) is 1.21. The second-order valence-electron chi connectivity index (χ2n) is 2.45. The van der Waals surface area contributed by atoms with Gasteiger partial charge in [-0.3, -0.25) is 19.9 Å². The predicted octanol–water partition coefficient (Wildman–Crippen LogP) is 1.38. The molecule has 1 aromatic rings. The summed E-state index contributed by atoms with van der Waals surface area (Å²) < 4.78 is 0.443. The van der Waals surface area contributed by atoms with Crippen LogP contribution in [0, 0.1) is 10.1 Å². The maximum absolute atomic E-state index is 10.5. The summed E-state index contributed by atoms with van der Waals surface area (Å²) in [5.41, 5.74) is -0.340. The lowest BCUT2D eigenvalue weighted by Gasteiger charge is -1.98. The maximum atomic E-state index is 10.5. The standard InChI is InChI=1S/C7H5BrN2O4/c8-4-1-6(10(13)14)5(9-3-4)2-7(11)12/h1,3H,2H2,(H,11,12). The molecule has 6 nitrogen and oxygen atoms in total. The van der Waals surface area contributed by atoms with Crippen LogP contribution in [0.15, 0.2) is 16.7 Å². The van der Waals surface area contributed by atoms with Crippen LogP contribution < -0.4 is 0 Å². The minimum atomic E-state index is -1.15. The van der Waals surface area contributed by atoms with Gasteiger partial charge in [-0.1, -0.05) is 0 Å². The minimum Gasteiger partial charge on any atom is -0.481 e. The molecule has 0 saturated heterocycles. The van der Waals surface area contributed by atoms with Crippen molar-refractivity contribution in [3.63, 3.8) is 0 Å². The number of pyridine rings is 1. The first-order chi connectivity index (χ1) is 6.50. The Labute approximate surface area is 86.9 Å². The molecule has 0 spiro atoms. The topological polar surface area (TPSA) is 93.3 Å². The number of carbonyl (C=O) groups is 1. The lowest BCUT2D eigenvalue weighted by atomic mass is 10.2. The van der Waals surface area contributed by atoms with E-state index in [9.17, 15) is 14.9 Å². The van der Waals surface area contributed by atoms with Crippen molar-refractivity contribution in [1.82, 2.24) is 4.98 Å². The SMILES string of the molecule is O=C(O)Cc1ncc(Br)cc1[N+](=O)[O-]. The van der Waals surface area contributed by atoms with Crippen LogP contribution in [0.1, 0.15) is 5.69 Å². The van der Waals surface area contributed by atoms with Crippen molar-refractivity contribution < 1.29 is 14.8 Å². The molecule has 0 radical (unpaired) electrons. The van der Waals surface area contributed by atoms with Crippen molar-refractivity contribution in [2.45, 2.75) is 6.42 Å². The lowest BCUT2D eigenvalue weighted by Crippen LogP contribution is -2.05. The van der Waals surface area contributed by atoms with Gasteiger partial charge in [-0.25, -0.2) is 0 Å². The number of hydrogen-bond acceptors (Lipinski definition) is 4. The smallest absolute Gasteiger partial charge is 0.309 e. The second kappa shape index (κ2) is 4.14. The molecular weight excluding hydrogens is 256 g/mol. The summed E-state index contributed by atoms with van der Waals surface area (Å²) in [6.45, 7) is 0. The molecule has 0 aliphatic rings. The summed E-state index contributed by atoms with van der Waals surface area (Å²) in [6, 6.07) is 1.23. The van der Waals surface area contributed by atoms with Crippen LogP contribution in [0.4, 0.5) is 5.69 Å². The Hall–Kier alpha value is -1.50. The molecule has 14 heavy (non-hydrogen) atoms. The molecule has 74 valence electrons. The Balaban J connectivity index is 3.14. The van der Waals surface area contributed by atoms with E-state index in [1.807, 2.05) is 0 Å². The van der Waals surface area contributed by atoms with E-state index in [1.165, 1.54) is 12.3 Å². The Morgan fingerprint density at radius 3 is 2.86 bits per heavy atom. The van der Waals surface area contributed by atoms with Crippen LogP contribution in [-0.4, -0.2) is 21.0 Å². The van der Waals surface area contributed by atoms with E-state index >= 15 is 0 Å². The fourth-order valence-electron chi connectivity index (χ4n) is 0.894. The first-order valence-corrected chi connectivity index (χ1v) is 4.30.